The van der Waals surface area contributed by atoms with E-state index < -0.39 is 0 Å². The molecule has 1 aromatic heterocycles. The molecule has 26 heavy (non-hydrogen) atoms. The fourth-order valence-corrected chi connectivity index (χ4v) is 3.18. The molecule has 0 atom stereocenters. The van der Waals surface area contributed by atoms with Gasteiger partial charge < -0.3 is 10.6 Å². The van der Waals surface area contributed by atoms with Crippen LogP contribution in [-0.2, 0) is 18.9 Å². The maximum absolute atomic E-state index is 13.3. The molecule has 0 saturated heterocycles. The Morgan fingerprint density at radius 3 is 2.73 bits per heavy atom. The van der Waals surface area contributed by atoms with Crippen LogP contribution >= 0.6 is 11.6 Å². The lowest BCUT2D eigenvalue weighted by molar-refractivity contribution is 0.507. The van der Waals surface area contributed by atoms with Crippen molar-refractivity contribution < 1.29 is 4.39 Å². The summed E-state index contributed by atoms with van der Waals surface area (Å²) >= 11 is 6.21. The van der Waals surface area contributed by atoms with Crippen LogP contribution in [0.4, 0.5) is 4.39 Å². The van der Waals surface area contributed by atoms with Crippen molar-refractivity contribution in [2.24, 2.45) is 12.0 Å². The third-order valence-corrected chi connectivity index (χ3v) is 4.59. The van der Waals surface area contributed by atoms with Gasteiger partial charge in [0.1, 0.15) is 5.82 Å². The highest BCUT2D eigenvalue weighted by atomic mass is 35.5. The first-order chi connectivity index (χ1) is 12.3. The zero-order valence-electron chi connectivity index (χ0n) is 15.8. The summed E-state index contributed by atoms with van der Waals surface area (Å²) in [4.78, 5) is 4.25. The average molecular weight is 380 g/mol. The lowest BCUT2D eigenvalue weighted by Gasteiger charge is -2.27. The molecule has 2 rings (SSSR count). The Morgan fingerprint density at radius 2 is 2.12 bits per heavy atom. The maximum atomic E-state index is 13.3. The second kappa shape index (κ2) is 9.03. The number of halogens is 2. The smallest absolute Gasteiger partial charge is 0.191 e. The van der Waals surface area contributed by atoms with E-state index in [-0.39, 0.29) is 11.2 Å². The topological polar surface area (TPSA) is 54.2 Å². The van der Waals surface area contributed by atoms with Crippen LogP contribution < -0.4 is 10.6 Å². The van der Waals surface area contributed by atoms with Gasteiger partial charge in [-0.1, -0.05) is 31.5 Å². The van der Waals surface area contributed by atoms with E-state index in [0.29, 0.717) is 11.6 Å². The number of guanidine groups is 1. The molecule has 0 aliphatic heterocycles. The largest absolute Gasteiger partial charge is 0.356 e. The average Bonchev–Trinajstić information content (AvgIpc) is 2.99. The monoisotopic (exact) mass is 379 g/mol. The zero-order chi connectivity index (χ0) is 19.2. The van der Waals surface area contributed by atoms with Crippen LogP contribution in [0, 0.1) is 5.82 Å². The van der Waals surface area contributed by atoms with E-state index in [2.05, 4.69) is 34.6 Å². The molecular weight excluding hydrogens is 353 g/mol. The van der Waals surface area contributed by atoms with E-state index in [1.807, 2.05) is 24.1 Å². The minimum absolute atomic E-state index is 0.266. The molecule has 2 aromatic rings. The van der Waals surface area contributed by atoms with Crippen molar-refractivity contribution in [1.29, 1.82) is 0 Å². The number of nitrogens with one attached hydrogen (secondary N) is 2. The first-order valence-electron chi connectivity index (χ1n) is 8.69. The van der Waals surface area contributed by atoms with Crippen LogP contribution in [0.5, 0.6) is 0 Å². The van der Waals surface area contributed by atoms with Gasteiger partial charge >= 0.3 is 0 Å². The van der Waals surface area contributed by atoms with Crippen LogP contribution in [-0.4, -0.2) is 35.9 Å². The number of aliphatic imine (C=N–C) groups is 1. The van der Waals surface area contributed by atoms with Crippen LogP contribution in [0.2, 0.25) is 5.02 Å². The molecule has 0 unspecified atom stereocenters. The van der Waals surface area contributed by atoms with Gasteiger partial charge in [-0.2, -0.15) is 5.10 Å². The van der Waals surface area contributed by atoms with E-state index in [4.69, 9.17) is 11.6 Å². The maximum Gasteiger partial charge on any atom is 0.191 e. The number of hydrogen-bond acceptors (Lipinski definition) is 2. The highest BCUT2D eigenvalue weighted by molar-refractivity contribution is 6.31. The number of aryl methyl sites for hydroxylation is 2. The molecule has 5 nitrogen and oxygen atoms in total. The first kappa shape index (κ1) is 20.2. The molecule has 0 amide bonds. The van der Waals surface area contributed by atoms with E-state index in [1.54, 1.807) is 13.1 Å². The summed E-state index contributed by atoms with van der Waals surface area (Å²) in [6, 6.07) is 4.53. The number of rotatable bonds is 7. The van der Waals surface area contributed by atoms with Crippen molar-refractivity contribution in [2.45, 2.75) is 32.1 Å². The minimum Gasteiger partial charge on any atom is -0.356 e. The normalized spacial score (nSPS) is 12.3. The Hall–Kier alpha value is -2.08. The SMILES string of the molecule is CN=C(NCCCc1cnn(C)c1)NCC(C)(C)c1ccc(F)cc1Cl. The Balaban J connectivity index is 1.81. The summed E-state index contributed by atoms with van der Waals surface area (Å²) < 4.78 is 15.1. The number of benzene rings is 1. The fraction of sp³-hybridized carbons (Fsp3) is 0.474. The van der Waals surface area contributed by atoms with Gasteiger partial charge in [0.2, 0.25) is 0 Å². The fourth-order valence-electron chi connectivity index (χ4n) is 2.76. The number of aromatic nitrogens is 2. The second-order valence-corrected chi connectivity index (χ2v) is 7.39. The quantitative estimate of drug-likeness (QED) is 0.441. The third kappa shape index (κ3) is 5.73. The molecular formula is C19H27ClFN5. The van der Waals surface area contributed by atoms with Gasteiger partial charge in [-0.25, -0.2) is 4.39 Å². The van der Waals surface area contributed by atoms with Crippen LogP contribution in [0.25, 0.3) is 0 Å². The Morgan fingerprint density at radius 1 is 1.35 bits per heavy atom. The van der Waals surface area contributed by atoms with Crippen LogP contribution in [0.15, 0.2) is 35.6 Å². The van der Waals surface area contributed by atoms with E-state index in [9.17, 15) is 4.39 Å². The highest BCUT2D eigenvalue weighted by Crippen LogP contribution is 2.29. The van der Waals surface area contributed by atoms with Gasteiger partial charge in [-0.3, -0.25) is 9.67 Å². The Labute approximate surface area is 159 Å². The molecule has 1 aromatic carbocycles. The summed E-state index contributed by atoms with van der Waals surface area (Å²) in [7, 11) is 3.66. The molecule has 0 aliphatic rings. The standard InChI is InChI=1S/C19H27ClFN5/c1-19(2,16-8-7-15(21)10-17(16)20)13-24-18(22-3)23-9-5-6-14-11-25-26(4)12-14/h7-8,10-12H,5-6,9,13H2,1-4H3,(H2,22,23,24). The molecule has 7 heteroatoms. The molecule has 142 valence electrons. The van der Waals surface area contributed by atoms with Gasteiger partial charge in [-0.05, 0) is 36.1 Å². The summed E-state index contributed by atoms with van der Waals surface area (Å²) in [5.74, 6) is 0.413. The molecule has 1 heterocycles. The molecule has 2 N–H and O–H groups in total. The van der Waals surface area contributed by atoms with Crippen molar-refractivity contribution in [3.63, 3.8) is 0 Å². The predicted molar refractivity (Wildman–Crippen MR) is 105 cm³/mol. The molecule has 0 fully saturated rings. The van der Waals surface area contributed by atoms with E-state index in [0.717, 1.165) is 30.9 Å². The lowest BCUT2D eigenvalue weighted by Crippen LogP contribution is -2.43. The molecule has 0 bridgehead atoms. The van der Waals surface area contributed by atoms with Gasteiger partial charge in [0, 0.05) is 43.8 Å². The third-order valence-electron chi connectivity index (χ3n) is 4.27. The molecule has 0 spiro atoms. The van der Waals surface area contributed by atoms with Crippen LogP contribution in [0.3, 0.4) is 0 Å². The molecule has 0 aliphatic carbocycles. The zero-order valence-corrected chi connectivity index (χ0v) is 16.6. The van der Waals surface area contributed by atoms with Crippen molar-refractivity contribution in [3.8, 4) is 0 Å². The predicted octanol–water partition coefficient (Wildman–Crippen LogP) is 3.29. The van der Waals surface area contributed by atoms with Gasteiger partial charge in [0.15, 0.2) is 5.96 Å². The molecule has 0 saturated carbocycles. The van der Waals surface area contributed by atoms with E-state index in [1.165, 1.54) is 17.7 Å². The number of nitrogens with zero attached hydrogens (tertiary/aromatic N) is 3. The highest BCUT2D eigenvalue weighted by Gasteiger charge is 2.24. The van der Waals surface area contributed by atoms with Crippen molar-refractivity contribution >= 4 is 17.6 Å². The Bertz CT molecular complexity index is 754. The number of hydrogen-bond donors (Lipinski definition) is 2. The van der Waals surface area contributed by atoms with Crippen LogP contribution in [0.1, 0.15) is 31.4 Å². The summed E-state index contributed by atoms with van der Waals surface area (Å²) in [5, 5.41) is 11.2. The van der Waals surface area contributed by atoms with Crippen molar-refractivity contribution in [2.75, 3.05) is 20.1 Å². The van der Waals surface area contributed by atoms with Gasteiger partial charge in [0.05, 0.1) is 6.20 Å². The first-order valence-corrected chi connectivity index (χ1v) is 9.07. The second-order valence-electron chi connectivity index (χ2n) is 6.99. The summed E-state index contributed by atoms with van der Waals surface area (Å²) in [6.07, 6.45) is 5.87. The Kier molecular flexibility index (Phi) is 7.03. The molecule has 0 radical (unpaired) electrons. The summed E-state index contributed by atoms with van der Waals surface area (Å²) in [5.41, 5.74) is 1.86. The van der Waals surface area contributed by atoms with Gasteiger partial charge in [0.25, 0.3) is 0 Å². The minimum atomic E-state index is -0.325. The lowest BCUT2D eigenvalue weighted by atomic mass is 9.84. The van der Waals surface area contributed by atoms with Crippen molar-refractivity contribution in [3.05, 3.63) is 52.6 Å². The van der Waals surface area contributed by atoms with E-state index >= 15 is 0 Å². The van der Waals surface area contributed by atoms with Gasteiger partial charge in [-0.15, -0.1) is 0 Å². The van der Waals surface area contributed by atoms with Crippen molar-refractivity contribution in [1.82, 2.24) is 20.4 Å². The summed E-state index contributed by atoms with van der Waals surface area (Å²) in [6.45, 7) is 5.57.